The van der Waals surface area contributed by atoms with Gasteiger partial charge >= 0.3 is 0 Å². The molecule has 19 heavy (non-hydrogen) atoms. The molecule has 0 saturated carbocycles. The second-order valence-electron chi connectivity index (χ2n) is 5.32. The molecule has 1 atom stereocenters. The van der Waals surface area contributed by atoms with Crippen LogP contribution in [0.4, 0.5) is 0 Å². The highest BCUT2D eigenvalue weighted by Crippen LogP contribution is 2.39. The smallest absolute Gasteiger partial charge is 0.122 e. The van der Waals surface area contributed by atoms with E-state index < -0.39 is 0 Å². The minimum atomic E-state index is 0.683. The van der Waals surface area contributed by atoms with E-state index in [-0.39, 0.29) is 0 Å². The molecule has 3 nitrogen and oxygen atoms in total. The molecule has 0 fully saturated rings. The van der Waals surface area contributed by atoms with Crippen LogP contribution in [0.15, 0.2) is 41.6 Å². The Morgan fingerprint density at radius 3 is 3.21 bits per heavy atom. The molecule has 98 valence electrons. The lowest BCUT2D eigenvalue weighted by atomic mass is 10.0. The summed E-state index contributed by atoms with van der Waals surface area (Å²) in [5.41, 5.74) is 1.54. The van der Waals surface area contributed by atoms with E-state index in [4.69, 9.17) is 0 Å². The van der Waals surface area contributed by atoms with Gasteiger partial charge in [0, 0.05) is 48.6 Å². The summed E-state index contributed by atoms with van der Waals surface area (Å²) in [5.74, 6) is 3.12. The van der Waals surface area contributed by atoms with Gasteiger partial charge in [-0.1, -0.05) is 18.2 Å². The molecule has 0 N–H and O–H groups in total. The third kappa shape index (κ3) is 2.09. The molecule has 3 heterocycles. The summed E-state index contributed by atoms with van der Waals surface area (Å²) >= 11 is 2.00. The van der Waals surface area contributed by atoms with Crippen LogP contribution >= 0.6 is 11.8 Å². The quantitative estimate of drug-likeness (QED) is 0.837. The maximum Gasteiger partial charge on any atom is 0.122 e. The third-order valence-corrected chi connectivity index (χ3v) is 5.35. The standard InChI is InChI=1S/C15H17N3S/c1-2-4-14-13(3-1)12(11-19-14)9-17-7-8-18-6-5-16-15(18)10-17/h1-6,12H,7-11H2. The highest BCUT2D eigenvalue weighted by molar-refractivity contribution is 7.99. The first-order valence-corrected chi connectivity index (χ1v) is 7.83. The van der Waals surface area contributed by atoms with E-state index >= 15 is 0 Å². The van der Waals surface area contributed by atoms with Crippen molar-refractivity contribution in [1.82, 2.24) is 14.5 Å². The number of benzene rings is 1. The highest BCUT2D eigenvalue weighted by Gasteiger charge is 2.26. The van der Waals surface area contributed by atoms with Gasteiger partial charge in [0.15, 0.2) is 0 Å². The van der Waals surface area contributed by atoms with Crippen molar-refractivity contribution in [2.24, 2.45) is 0 Å². The normalized spacial score (nSPS) is 22.2. The van der Waals surface area contributed by atoms with Crippen LogP contribution in [0.25, 0.3) is 0 Å². The van der Waals surface area contributed by atoms with Gasteiger partial charge in [-0.05, 0) is 11.6 Å². The molecule has 1 aromatic carbocycles. The Hall–Kier alpha value is -1.26. The van der Waals surface area contributed by atoms with Gasteiger partial charge in [-0.3, -0.25) is 4.90 Å². The van der Waals surface area contributed by atoms with Crippen molar-refractivity contribution >= 4 is 11.8 Å². The van der Waals surface area contributed by atoms with Crippen LogP contribution in [-0.4, -0.2) is 33.3 Å². The summed E-state index contributed by atoms with van der Waals surface area (Å²) in [6, 6.07) is 8.86. The topological polar surface area (TPSA) is 21.1 Å². The number of thioether (sulfide) groups is 1. The van der Waals surface area contributed by atoms with Crippen molar-refractivity contribution in [1.29, 1.82) is 0 Å². The number of hydrogen-bond acceptors (Lipinski definition) is 3. The van der Waals surface area contributed by atoms with Crippen molar-refractivity contribution in [3.8, 4) is 0 Å². The number of imidazole rings is 1. The minimum Gasteiger partial charge on any atom is -0.333 e. The molecule has 0 amide bonds. The van der Waals surface area contributed by atoms with Crippen molar-refractivity contribution in [2.45, 2.75) is 23.9 Å². The first-order valence-electron chi connectivity index (χ1n) is 6.84. The molecule has 0 aliphatic carbocycles. The van der Waals surface area contributed by atoms with E-state index in [9.17, 15) is 0 Å². The van der Waals surface area contributed by atoms with E-state index in [1.54, 1.807) is 5.56 Å². The zero-order chi connectivity index (χ0) is 12.7. The molecule has 2 aromatic rings. The Kier molecular flexibility index (Phi) is 2.85. The largest absolute Gasteiger partial charge is 0.333 e. The average molecular weight is 271 g/mol. The molecule has 0 spiro atoms. The summed E-state index contributed by atoms with van der Waals surface area (Å²) in [6.45, 7) is 4.39. The van der Waals surface area contributed by atoms with Crippen LogP contribution in [0.5, 0.6) is 0 Å². The van der Waals surface area contributed by atoms with Crippen LogP contribution in [-0.2, 0) is 13.1 Å². The van der Waals surface area contributed by atoms with Gasteiger partial charge in [0.05, 0.1) is 6.54 Å². The van der Waals surface area contributed by atoms with Crippen molar-refractivity contribution in [2.75, 3.05) is 18.8 Å². The van der Waals surface area contributed by atoms with Gasteiger partial charge in [0.2, 0.25) is 0 Å². The fourth-order valence-electron chi connectivity index (χ4n) is 3.07. The van der Waals surface area contributed by atoms with E-state index in [0.29, 0.717) is 5.92 Å². The summed E-state index contributed by atoms with van der Waals surface area (Å²) in [5, 5.41) is 0. The van der Waals surface area contributed by atoms with Gasteiger partial charge in [-0.25, -0.2) is 4.98 Å². The number of fused-ring (bicyclic) bond motifs is 2. The molecule has 2 aliphatic heterocycles. The van der Waals surface area contributed by atoms with Crippen molar-refractivity contribution < 1.29 is 0 Å². The molecule has 4 heteroatoms. The first kappa shape index (κ1) is 11.6. The third-order valence-electron chi connectivity index (χ3n) is 4.10. The zero-order valence-electron chi connectivity index (χ0n) is 10.8. The minimum absolute atomic E-state index is 0.683. The van der Waals surface area contributed by atoms with Gasteiger partial charge < -0.3 is 4.57 Å². The number of aromatic nitrogens is 2. The zero-order valence-corrected chi connectivity index (χ0v) is 11.6. The molecule has 4 rings (SSSR count). The predicted octanol–water partition coefficient (Wildman–Crippen LogP) is 2.59. The van der Waals surface area contributed by atoms with Crippen LogP contribution < -0.4 is 0 Å². The van der Waals surface area contributed by atoms with Crippen LogP contribution in [0.2, 0.25) is 0 Å². The number of rotatable bonds is 2. The second-order valence-corrected chi connectivity index (χ2v) is 6.38. The monoisotopic (exact) mass is 271 g/mol. The summed E-state index contributed by atoms with van der Waals surface area (Å²) < 4.78 is 2.27. The lowest BCUT2D eigenvalue weighted by Gasteiger charge is -2.29. The van der Waals surface area contributed by atoms with Crippen molar-refractivity contribution in [3.05, 3.63) is 48.0 Å². The molecular formula is C15H17N3S. The molecule has 1 aromatic heterocycles. The highest BCUT2D eigenvalue weighted by atomic mass is 32.2. The van der Waals surface area contributed by atoms with Gasteiger partial charge in [0.1, 0.15) is 5.82 Å². The first-order chi connectivity index (χ1) is 9.40. The summed E-state index contributed by atoms with van der Waals surface area (Å²) in [4.78, 5) is 8.47. The Morgan fingerprint density at radius 1 is 1.26 bits per heavy atom. The summed E-state index contributed by atoms with van der Waals surface area (Å²) in [6.07, 6.45) is 4.01. The molecule has 0 bridgehead atoms. The Morgan fingerprint density at radius 2 is 2.21 bits per heavy atom. The molecule has 0 radical (unpaired) electrons. The SMILES string of the molecule is c1ccc2c(c1)SCC2CN1CCn2ccnc2C1. The predicted molar refractivity (Wildman–Crippen MR) is 77.4 cm³/mol. The van der Waals surface area contributed by atoms with Crippen LogP contribution in [0, 0.1) is 0 Å². The Balaban J connectivity index is 1.49. The fourth-order valence-corrected chi connectivity index (χ4v) is 4.31. The number of nitrogens with zero attached hydrogens (tertiary/aromatic N) is 3. The fraction of sp³-hybridized carbons (Fsp3) is 0.400. The van der Waals surface area contributed by atoms with Crippen molar-refractivity contribution in [3.63, 3.8) is 0 Å². The molecule has 0 saturated heterocycles. The van der Waals surface area contributed by atoms with Crippen LogP contribution in [0.1, 0.15) is 17.3 Å². The molecule has 2 aliphatic rings. The molecule has 1 unspecified atom stereocenters. The van der Waals surface area contributed by atoms with Gasteiger partial charge in [0.25, 0.3) is 0 Å². The van der Waals surface area contributed by atoms with Gasteiger partial charge in [-0.15, -0.1) is 11.8 Å². The lowest BCUT2D eigenvalue weighted by Crippen LogP contribution is -2.36. The Labute approximate surface area is 117 Å². The lowest BCUT2D eigenvalue weighted by molar-refractivity contribution is 0.208. The maximum absolute atomic E-state index is 4.44. The van der Waals surface area contributed by atoms with Crippen LogP contribution in [0.3, 0.4) is 0 Å². The van der Waals surface area contributed by atoms with E-state index in [2.05, 4.69) is 44.9 Å². The Bertz CT molecular complexity index is 593. The van der Waals surface area contributed by atoms with E-state index in [1.165, 1.54) is 16.5 Å². The van der Waals surface area contributed by atoms with E-state index in [0.717, 1.165) is 26.2 Å². The molecular weight excluding hydrogens is 254 g/mol. The summed E-state index contributed by atoms with van der Waals surface area (Å²) in [7, 11) is 0. The average Bonchev–Trinajstić information content (AvgIpc) is 3.06. The van der Waals surface area contributed by atoms with E-state index in [1.807, 2.05) is 18.0 Å². The number of hydrogen-bond donors (Lipinski definition) is 0. The second kappa shape index (κ2) is 4.69. The van der Waals surface area contributed by atoms with Gasteiger partial charge in [-0.2, -0.15) is 0 Å². The maximum atomic E-state index is 4.44.